The molecule has 2 aliphatic rings. The molecule has 5 rings (SSSR count). The summed E-state index contributed by atoms with van der Waals surface area (Å²) < 4.78 is 18.9. The third-order valence-electron chi connectivity index (χ3n) is 6.61. The number of ketones is 1. The van der Waals surface area contributed by atoms with Gasteiger partial charge in [-0.1, -0.05) is 46.9 Å². The van der Waals surface area contributed by atoms with E-state index < -0.39 is 45.8 Å². The van der Waals surface area contributed by atoms with Crippen LogP contribution in [-0.4, -0.2) is 61.6 Å². The summed E-state index contributed by atoms with van der Waals surface area (Å²) in [5.74, 6) is -2.83. The van der Waals surface area contributed by atoms with Crippen LogP contribution in [0.3, 0.4) is 0 Å². The molecule has 1 saturated heterocycles. The number of hydrogen-bond acceptors (Lipinski definition) is 7. The number of nitrogens with one attached hydrogen (secondary N) is 1. The standard InChI is InChI=1S/C29H21Cl3N2O7S2/c30-16-6-8-22(20(11-16)26(36)19-7-5-17(31)12-21(19)32)41-9-1-3-15-14-43(40)28-24(27(37)34(28)25(15)29(38)39)33-23(35)13-18-4-2-10-42-18/h1-8,10-12,24,28H,9,13-14H2,(H,33,35)(H,38,39)/b3-1+/t24-,28-,43?/m1/s1. The number of halogens is 3. The molecule has 222 valence electrons. The number of hydrogen-bond donors (Lipinski definition) is 2. The monoisotopic (exact) mass is 678 g/mol. The molecule has 14 heteroatoms. The number of carbonyl (C=O) groups is 4. The van der Waals surface area contributed by atoms with Gasteiger partial charge in [0.05, 0.1) is 33.6 Å². The summed E-state index contributed by atoms with van der Waals surface area (Å²) in [4.78, 5) is 52.5. The summed E-state index contributed by atoms with van der Waals surface area (Å²) in [5, 5.41) is 14.2. The highest BCUT2D eigenvalue weighted by Gasteiger charge is 2.56. The van der Waals surface area contributed by atoms with Crippen LogP contribution < -0.4 is 10.1 Å². The maximum Gasteiger partial charge on any atom is 0.352 e. The van der Waals surface area contributed by atoms with Crippen LogP contribution in [0.2, 0.25) is 15.1 Å². The zero-order valence-corrected chi connectivity index (χ0v) is 25.8. The highest BCUT2D eigenvalue weighted by Crippen LogP contribution is 2.35. The molecule has 0 saturated carbocycles. The Bertz CT molecular complexity index is 1720. The van der Waals surface area contributed by atoms with E-state index in [1.165, 1.54) is 53.8 Å². The van der Waals surface area contributed by atoms with E-state index in [-0.39, 0.29) is 51.9 Å². The Labute approximate surface area is 267 Å². The molecule has 1 unspecified atom stereocenters. The van der Waals surface area contributed by atoms with Crippen molar-refractivity contribution in [3.05, 3.63) is 108 Å². The second-order valence-corrected chi connectivity index (χ2v) is 13.3. The molecular formula is C29H21Cl3N2O7S2. The van der Waals surface area contributed by atoms with Gasteiger partial charge < -0.3 is 15.2 Å². The minimum absolute atomic E-state index is 0.0596. The van der Waals surface area contributed by atoms with E-state index >= 15 is 0 Å². The molecular weight excluding hydrogens is 659 g/mol. The third-order valence-corrected chi connectivity index (χ3v) is 9.88. The van der Waals surface area contributed by atoms with Crippen molar-refractivity contribution in [3.8, 4) is 5.75 Å². The number of carboxylic acid groups (broad SMARTS) is 1. The van der Waals surface area contributed by atoms with E-state index in [1.54, 1.807) is 18.2 Å². The van der Waals surface area contributed by atoms with Crippen LogP contribution in [0.5, 0.6) is 5.75 Å². The van der Waals surface area contributed by atoms with E-state index in [0.717, 1.165) is 9.78 Å². The lowest BCUT2D eigenvalue weighted by atomic mass is 10.0. The first-order chi connectivity index (χ1) is 20.5. The summed E-state index contributed by atoms with van der Waals surface area (Å²) in [5.41, 5.74) is 0.192. The van der Waals surface area contributed by atoms with E-state index in [1.807, 2.05) is 5.38 Å². The summed E-state index contributed by atoms with van der Waals surface area (Å²) in [6.07, 6.45) is 2.96. The lowest BCUT2D eigenvalue weighted by Gasteiger charge is -2.48. The molecule has 1 fully saturated rings. The van der Waals surface area contributed by atoms with Crippen LogP contribution in [0.15, 0.2) is 77.3 Å². The van der Waals surface area contributed by atoms with E-state index in [2.05, 4.69) is 5.32 Å². The number of aliphatic carboxylic acids is 1. The van der Waals surface area contributed by atoms with Crippen molar-refractivity contribution in [2.45, 2.75) is 17.8 Å². The molecule has 1 aromatic heterocycles. The molecule has 9 nitrogen and oxygen atoms in total. The number of thiophene rings is 1. The van der Waals surface area contributed by atoms with E-state index in [4.69, 9.17) is 39.5 Å². The van der Waals surface area contributed by atoms with Crippen molar-refractivity contribution in [1.82, 2.24) is 10.2 Å². The summed E-state index contributed by atoms with van der Waals surface area (Å²) in [6.45, 7) is -0.0991. The fourth-order valence-electron chi connectivity index (χ4n) is 4.68. The number of allylic oxidation sites excluding steroid dienone is 1. The highest BCUT2D eigenvalue weighted by atomic mass is 35.5. The molecule has 3 heterocycles. The first-order valence-corrected chi connectivity index (χ1v) is 16.0. The lowest BCUT2D eigenvalue weighted by Crippen LogP contribution is -2.73. The molecule has 2 N–H and O–H groups in total. The van der Waals surface area contributed by atoms with Crippen molar-refractivity contribution in [2.24, 2.45) is 0 Å². The fourth-order valence-corrected chi connectivity index (χ4v) is 7.69. The predicted octanol–water partition coefficient (Wildman–Crippen LogP) is 4.87. The van der Waals surface area contributed by atoms with Gasteiger partial charge in [0.2, 0.25) is 5.91 Å². The average Bonchev–Trinajstić information content (AvgIpc) is 3.46. The normalized spacial score (nSPS) is 19.7. The molecule has 2 aliphatic heterocycles. The van der Waals surface area contributed by atoms with Gasteiger partial charge in [-0.2, -0.15) is 0 Å². The van der Waals surface area contributed by atoms with Crippen molar-refractivity contribution in [3.63, 3.8) is 0 Å². The number of benzene rings is 2. The Morgan fingerprint density at radius 3 is 2.53 bits per heavy atom. The van der Waals surface area contributed by atoms with E-state index in [9.17, 15) is 28.5 Å². The van der Waals surface area contributed by atoms with Crippen LogP contribution in [0.25, 0.3) is 0 Å². The highest BCUT2D eigenvalue weighted by molar-refractivity contribution is 7.86. The maximum absolute atomic E-state index is 13.2. The van der Waals surface area contributed by atoms with Gasteiger partial charge in [0.25, 0.3) is 5.91 Å². The fraction of sp³-hybridized carbons (Fsp3) is 0.172. The largest absolute Gasteiger partial charge is 0.489 e. The number of carboxylic acids is 1. The number of carbonyl (C=O) groups excluding carboxylic acids is 3. The van der Waals surface area contributed by atoms with Gasteiger partial charge in [0.15, 0.2) is 5.78 Å². The molecule has 0 radical (unpaired) electrons. The van der Waals surface area contributed by atoms with E-state index in [0.29, 0.717) is 10.0 Å². The SMILES string of the molecule is O=C(Cc1cccs1)N[C@@H]1C(=O)N2C(C(=O)O)=C(/C=C/COc3ccc(Cl)cc3C(=O)c3ccc(Cl)cc3Cl)CS(=O)[C@H]12. The quantitative estimate of drug-likeness (QED) is 0.231. The molecule has 0 bridgehead atoms. The van der Waals surface area contributed by atoms with Crippen molar-refractivity contribution in [1.29, 1.82) is 0 Å². The van der Waals surface area contributed by atoms with Gasteiger partial charge >= 0.3 is 5.97 Å². The zero-order valence-electron chi connectivity index (χ0n) is 21.9. The molecule has 2 aromatic carbocycles. The Kier molecular flexibility index (Phi) is 9.38. The van der Waals surface area contributed by atoms with Gasteiger partial charge in [-0.3, -0.25) is 23.5 Å². The number of nitrogens with zero attached hydrogens (tertiary/aromatic N) is 1. The van der Waals surface area contributed by atoms with Crippen LogP contribution in [0, 0.1) is 0 Å². The number of ether oxygens (including phenoxy) is 1. The predicted molar refractivity (Wildman–Crippen MR) is 164 cm³/mol. The van der Waals surface area contributed by atoms with Gasteiger partial charge in [0, 0.05) is 20.5 Å². The zero-order chi connectivity index (χ0) is 30.8. The van der Waals surface area contributed by atoms with Crippen LogP contribution >= 0.6 is 46.1 Å². The maximum atomic E-state index is 13.2. The first-order valence-electron chi connectivity index (χ1n) is 12.6. The lowest BCUT2D eigenvalue weighted by molar-refractivity contribution is -0.150. The molecule has 43 heavy (non-hydrogen) atoms. The Morgan fingerprint density at radius 1 is 1.09 bits per heavy atom. The molecule has 2 amide bonds. The molecule has 3 atom stereocenters. The second kappa shape index (κ2) is 13.0. The summed E-state index contributed by atoms with van der Waals surface area (Å²) in [6, 6.07) is 11.5. The van der Waals surface area contributed by atoms with Crippen LogP contribution in [-0.2, 0) is 31.6 Å². The second-order valence-electron chi connectivity index (χ2n) is 9.41. The number of amides is 2. The Balaban J connectivity index is 1.30. The van der Waals surface area contributed by atoms with Gasteiger partial charge in [-0.15, -0.1) is 11.3 Å². The van der Waals surface area contributed by atoms with Crippen molar-refractivity contribution < 1.29 is 33.2 Å². The topological polar surface area (TPSA) is 130 Å². The Morgan fingerprint density at radius 2 is 1.84 bits per heavy atom. The summed E-state index contributed by atoms with van der Waals surface area (Å²) >= 11 is 19.7. The molecule has 3 aromatic rings. The number of β-lactam (4-membered cyclic amide) rings is 1. The van der Waals surface area contributed by atoms with Crippen molar-refractivity contribution >= 4 is 80.5 Å². The molecule has 0 aliphatic carbocycles. The minimum Gasteiger partial charge on any atom is -0.489 e. The molecule has 0 spiro atoms. The van der Waals surface area contributed by atoms with Gasteiger partial charge in [-0.25, -0.2) is 4.79 Å². The smallest absolute Gasteiger partial charge is 0.352 e. The third kappa shape index (κ3) is 6.56. The number of fused-ring (bicyclic) bond motifs is 1. The first kappa shape index (κ1) is 31.0. The van der Waals surface area contributed by atoms with Gasteiger partial charge in [0.1, 0.15) is 29.5 Å². The number of rotatable bonds is 10. The minimum atomic E-state index is -1.68. The van der Waals surface area contributed by atoms with Crippen LogP contribution in [0.1, 0.15) is 20.8 Å². The van der Waals surface area contributed by atoms with Crippen LogP contribution in [0.4, 0.5) is 0 Å². The Hall–Kier alpha value is -3.48. The van der Waals surface area contributed by atoms with Crippen molar-refractivity contribution in [2.75, 3.05) is 12.4 Å². The average molecular weight is 680 g/mol. The summed E-state index contributed by atoms with van der Waals surface area (Å²) in [7, 11) is -1.68. The van der Waals surface area contributed by atoms with Gasteiger partial charge in [-0.05, 0) is 59.5 Å².